The second kappa shape index (κ2) is 10.8. The molecule has 11 heteroatoms. The van der Waals surface area contributed by atoms with Gasteiger partial charge in [0.15, 0.2) is 5.78 Å². The van der Waals surface area contributed by atoms with Crippen molar-refractivity contribution in [3.8, 4) is 0 Å². The number of pyridine rings is 2. The Balaban J connectivity index is 1.23. The fourth-order valence-electron chi connectivity index (χ4n) is 6.12. The number of piperidine rings is 1. The Bertz CT molecular complexity index is 1490. The topological polar surface area (TPSA) is 135 Å². The lowest BCUT2D eigenvalue weighted by Gasteiger charge is -2.42. The maximum atomic E-state index is 13.6. The highest BCUT2D eigenvalue weighted by atomic mass is 16.1. The Hall–Kier alpha value is -4.09. The lowest BCUT2D eigenvalue weighted by Crippen LogP contribution is -2.53. The van der Waals surface area contributed by atoms with Crippen LogP contribution in [0.3, 0.4) is 0 Å². The van der Waals surface area contributed by atoms with Crippen molar-refractivity contribution in [2.75, 3.05) is 61.8 Å². The van der Waals surface area contributed by atoms with Gasteiger partial charge in [-0.1, -0.05) is 18.2 Å². The van der Waals surface area contributed by atoms with Crippen LogP contribution in [-0.4, -0.2) is 88.0 Å². The van der Waals surface area contributed by atoms with Crippen LogP contribution in [0.4, 0.5) is 17.1 Å². The lowest BCUT2D eigenvalue weighted by molar-refractivity contribution is 0.0989. The average molecular weight is 541 g/mol. The zero-order valence-electron chi connectivity index (χ0n) is 23.0. The molecule has 0 aliphatic carbocycles. The predicted octanol–water partition coefficient (Wildman–Crippen LogP) is 2.01. The maximum absolute atomic E-state index is 13.6. The second-order valence-corrected chi connectivity index (χ2v) is 11.1. The minimum absolute atomic E-state index is 0.0583. The highest BCUT2D eigenvalue weighted by Crippen LogP contribution is 2.32. The average Bonchev–Trinajstić information content (AvgIpc) is 3.47. The van der Waals surface area contributed by atoms with Gasteiger partial charge in [0, 0.05) is 92.6 Å². The van der Waals surface area contributed by atoms with Crippen molar-refractivity contribution in [2.24, 2.45) is 11.7 Å². The SMILES string of the molecule is C[C@H]1CN(c2ccncc2CC(=O)c2nc3cc(N4CCN(C)CC4)ccc3cc2N)C[C@@H](N)[C@H]1n1ccnn1. The van der Waals surface area contributed by atoms with Crippen LogP contribution in [0.25, 0.3) is 10.9 Å². The number of aromatic nitrogens is 5. The molecule has 2 aliphatic rings. The summed E-state index contributed by atoms with van der Waals surface area (Å²) in [5.41, 5.74) is 17.4. The molecule has 208 valence electrons. The van der Waals surface area contributed by atoms with Crippen LogP contribution in [-0.2, 0) is 6.42 Å². The Morgan fingerprint density at radius 3 is 2.62 bits per heavy atom. The van der Waals surface area contributed by atoms with Gasteiger partial charge in [0.25, 0.3) is 0 Å². The number of carbonyl (C=O) groups is 1. The van der Waals surface area contributed by atoms with Crippen LogP contribution in [0.1, 0.15) is 29.0 Å². The molecular formula is C29H36N10O. The molecule has 0 saturated carbocycles. The van der Waals surface area contributed by atoms with E-state index in [0.29, 0.717) is 17.9 Å². The van der Waals surface area contributed by atoms with Gasteiger partial charge in [-0.15, -0.1) is 5.10 Å². The van der Waals surface area contributed by atoms with Gasteiger partial charge >= 0.3 is 0 Å². The van der Waals surface area contributed by atoms with E-state index in [4.69, 9.17) is 16.5 Å². The number of anilines is 3. The molecule has 0 radical (unpaired) electrons. The van der Waals surface area contributed by atoms with Crippen molar-refractivity contribution in [3.63, 3.8) is 0 Å². The van der Waals surface area contributed by atoms with E-state index < -0.39 is 0 Å². The molecule has 2 fully saturated rings. The first-order valence-electron chi connectivity index (χ1n) is 13.8. The predicted molar refractivity (Wildman–Crippen MR) is 157 cm³/mol. The second-order valence-electron chi connectivity index (χ2n) is 11.1. The van der Waals surface area contributed by atoms with Gasteiger partial charge in [0.05, 0.1) is 23.4 Å². The zero-order valence-corrected chi connectivity index (χ0v) is 23.0. The van der Waals surface area contributed by atoms with Crippen LogP contribution >= 0.6 is 0 Å². The molecule has 6 rings (SSSR count). The van der Waals surface area contributed by atoms with Crippen molar-refractivity contribution in [3.05, 3.63) is 66.4 Å². The third-order valence-electron chi connectivity index (χ3n) is 8.24. The largest absolute Gasteiger partial charge is 0.397 e. The number of Topliss-reactive ketones (excluding diaryl/α,β-unsaturated/α-hetero) is 1. The summed E-state index contributed by atoms with van der Waals surface area (Å²) >= 11 is 0. The third-order valence-corrected chi connectivity index (χ3v) is 8.24. The number of piperazine rings is 1. The van der Waals surface area contributed by atoms with Crippen molar-refractivity contribution in [1.82, 2.24) is 29.9 Å². The molecule has 40 heavy (non-hydrogen) atoms. The number of rotatable bonds is 6. The van der Waals surface area contributed by atoms with E-state index in [0.717, 1.165) is 60.6 Å². The first-order chi connectivity index (χ1) is 19.4. The molecule has 0 unspecified atom stereocenters. The number of nitrogens with zero attached hydrogens (tertiary/aromatic N) is 8. The van der Waals surface area contributed by atoms with Gasteiger partial charge in [0.2, 0.25) is 0 Å². The molecule has 4 N–H and O–H groups in total. The summed E-state index contributed by atoms with van der Waals surface area (Å²) < 4.78 is 1.85. The monoisotopic (exact) mass is 540 g/mol. The summed E-state index contributed by atoms with van der Waals surface area (Å²) in [5, 5.41) is 9.06. The molecule has 2 aliphatic heterocycles. The van der Waals surface area contributed by atoms with E-state index in [1.807, 2.05) is 29.1 Å². The Kier molecular flexibility index (Phi) is 7.07. The molecule has 3 atom stereocenters. The molecule has 4 aromatic rings. The van der Waals surface area contributed by atoms with Crippen LogP contribution in [0.5, 0.6) is 0 Å². The van der Waals surface area contributed by atoms with Crippen LogP contribution in [0.2, 0.25) is 0 Å². The number of nitrogens with two attached hydrogens (primary N) is 2. The van der Waals surface area contributed by atoms with Crippen LogP contribution in [0.15, 0.2) is 55.1 Å². The van der Waals surface area contributed by atoms with Gasteiger partial charge in [-0.3, -0.25) is 9.78 Å². The number of ketones is 1. The van der Waals surface area contributed by atoms with Crippen molar-refractivity contribution < 1.29 is 4.79 Å². The Morgan fingerprint density at radius 1 is 1.05 bits per heavy atom. The zero-order chi connectivity index (χ0) is 27.8. The Labute approximate surface area is 233 Å². The van der Waals surface area contributed by atoms with E-state index in [1.165, 1.54) is 0 Å². The molecule has 0 bridgehead atoms. The van der Waals surface area contributed by atoms with E-state index in [2.05, 4.69) is 56.1 Å². The number of hydrogen-bond donors (Lipinski definition) is 2. The van der Waals surface area contributed by atoms with Gasteiger partial charge < -0.3 is 26.2 Å². The Morgan fingerprint density at radius 2 is 1.88 bits per heavy atom. The normalized spacial score (nSPS) is 22.1. The van der Waals surface area contributed by atoms with E-state index in [9.17, 15) is 4.79 Å². The first kappa shape index (κ1) is 26.1. The maximum Gasteiger partial charge on any atom is 0.187 e. The summed E-state index contributed by atoms with van der Waals surface area (Å²) in [6.45, 7) is 7.54. The van der Waals surface area contributed by atoms with Gasteiger partial charge in [-0.25, -0.2) is 9.67 Å². The lowest BCUT2D eigenvalue weighted by atomic mass is 9.89. The van der Waals surface area contributed by atoms with Crippen molar-refractivity contribution in [2.45, 2.75) is 25.4 Å². The molecule has 5 heterocycles. The van der Waals surface area contributed by atoms with E-state index in [-0.39, 0.29) is 30.2 Å². The summed E-state index contributed by atoms with van der Waals surface area (Å²) in [7, 11) is 2.14. The number of carbonyl (C=O) groups excluding carboxylic acids is 1. The van der Waals surface area contributed by atoms with E-state index in [1.54, 1.807) is 18.6 Å². The number of hydrogen-bond acceptors (Lipinski definition) is 10. The van der Waals surface area contributed by atoms with E-state index >= 15 is 0 Å². The molecule has 0 amide bonds. The van der Waals surface area contributed by atoms with Gasteiger partial charge in [0.1, 0.15) is 5.69 Å². The number of nitrogen functional groups attached to an aromatic ring is 1. The van der Waals surface area contributed by atoms with Crippen LogP contribution < -0.4 is 21.3 Å². The van der Waals surface area contributed by atoms with Crippen LogP contribution in [0, 0.1) is 5.92 Å². The van der Waals surface area contributed by atoms with Gasteiger partial charge in [-0.2, -0.15) is 0 Å². The quantitative estimate of drug-likeness (QED) is 0.350. The number of fused-ring (bicyclic) bond motifs is 1. The summed E-state index contributed by atoms with van der Waals surface area (Å²) in [5.74, 6) is 0.1000. The standard InChI is InChI=1S/C29H36N10O/c1-19-17-38(18-24(31)29(19)39-8-7-33-35-39)26-5-6-32-16-21(26)14-27(40)28-23(30)13-20-3-4-22(15-25(20)34-28)37-11-9-36(2)10-12-37/h3-8,13,15-16,19,24,29H,9-12,14,17-18,30-31H2,1-2H3/t19-,24+,29-/m0/s1. The third kappa shape index (κ3) is 5.09. The van der Waals surface area contributed by atoms with Crippen molar-refractivity contribution >= 4 is 33.7 Å². The smallest absolute Gasteiger partial charge is 0.187 e. The minimum atomic E-state index is -0.144. The molecule has 11 nitrogen and oxygen atoms in total. The summed E-state index contributed by atoms with van der Waals surface area (Å²) in [6, 6.07) is 9.93. The molecule has 1 aromatic carbocycles. The molecule has 2 saturated heterocycles. The van der Waals surface area contributed by atoms with Crippen molar-refractivity contribution in [1.29, 1.82) is 0 Å². The summed E-state index contributed by atoms with van der Waals surface area (Å²) in [6.07, 6.45) is 7.21. The van der Waals surface area contributed by atoms with Gasteiger partial charge in [-0.05, 0) is 37.2 Å². The highest BCUT2D eigenvalue weighted by Gasteiger charge is 2.35. The minimum Gasteiger partial charge on any atom is -0.397 e. The molecule has 0 spiro atoms. The summed E-state index contributed by atoms with van der Waals surface area (Å²) in [4.78, 5) is 29.6. The molecule has 3 aromatic heterocycles. The fourth-order valence-corrected chi connectivity index (χ4v) is 6.12. The first-order valence-corrected chi connectivity index (χ1v) is 13.8. The highest BCUT2D eigenvalue weighted by molar-refractivity contribution is 6.03. The number of benzene rings is 1. The number of likely N-dealkylation sites (N-methyl/N-ethyl adjacent to an activating group) is 1. The molecular weight excluding hydrogens is 504 g/mol. The fraction of sp³-hybridized carbons (Fsp3) is 0.414.